The molecule has 0 saturated carbocycles. The number of hydrogen-bond acceptors (Lipinski definition) is 1. The Morgan fingerprint density at radius 1 is 0.600 bits per heavy atom. The summed E-state index contributed by atoms with van der Waals surface area (Å²) < 4.78 is 2.60. The molecule has 0 saturated heterocycles. The molecule has 0 radical (unpaired) electrons. The maximum absolute atomic E-state index is 2.60. The van der Waals surface area contributed by atoms with E-state index in [-0.39, 0.29) is 23.0 Å². The Balaban J connectivity index is 1.68. The predicted octanol–water partition coefficient (Wildman–Crippen LogP) is 8.28. The molecule has 0 amide bonds. The van der Waals surface area contributed by atoms with E-state index in [1.807, 2.05) is 11.8 Å². The molecule has 0 spiro atoms. The molecule has 0 atom stereocenters. The summed E-state index contributed by atoms with van der Waals surface area (Å²) in [7, 11) is 0. The largest absolute Gasteiger partial charge is 0.310 e. The van der Waals surface area contributed by atoms with E-state index in [0.717, 1.165) is 0 Å². The van der Waals surface area contributed by atoms with Gasteiger partial charge in [-0.15, -0.1) is 0 Å². The van der Waals surface area contributed by atoms with Crippen LogP contribution in [0.3, 0.4) is 0 Å². The summed E-state index contributed by atoms with van der Waals surface area (Å²) in [6, 6.07) is 24.3. The fraction of sp³-hybridized carbons (Fsp3) is 0.351. The van der Waals surface area contributed by atoms with Gasteiger partial charge in [-0.2, -0.15) is 0 Å². The maximum atomic E-state index is 2.60. The standard InChI is InChI=1S/C37H40BNS/c1-21-15-30-33-32(16-21)40-31-14-12-23(36(5,6)7)19-27(31)38(33)28-20-24(37(8,9)10)18-26-25-17-22(35(2,3)4)11-13-29(25)39(30)34(26)28/h11-20H,1-10H3. The number of aromatic nitrogens is 1. The minimum Gasteiger partial charge on any atom is -0.310 e. The number of aryl methyl sites for hydroxylation is 1. The molecule has 202 valence electrons. The molecular weight excluding hydrogens is 501 g/mol. The highest BCUT2D eigenvalue weighted by Crippen LogP contribution is 2.42. The van der Waals surface area contributed by atoms with Crippen LogP contribution < -0.4 is 16.4 Å². The van der Waals surface area contributed by atoms with Crippen molar-refractivity contribution in [2.75, 3.05) is 0 Å². The molecule has 5 aromatic rings. The quantitative estimate of drug-likeness (QED) is 0.175. The van der Waals surface area contributed by atoms with Gasteiger partial charge in [0.1, 0.15) is 0 Å². The summed E-state index contributed by atoms with van der Waals surface area (Å²) >= 11 is 1.96. The number of rotatable bonds is 0. The minimum atomic E-state index is 0.0522. The SMILES string of the molecule is Cc1cc2c3c(c1)-n1c4ccc(C(C)(C)C)cc4c4cc(C(C)(C)C)cc(c41)B3c1cc(C(C)(C)C)ccc1S2. The van der Waals surface area contributed by atoms with Crippen LogP contribution in [0, 0.1) is 6.92 Å². The van der Waals surface area contributed by atoms with E-state index in [1.165, 1.54) is 75.9 Å². The van der Waals surface area contributed by atoms with E-state index in [1.54, 1.807) is 0 Å². The first-order chi connectivity index (χ1) is 18.6. The van der Waals surface area contributed by atoms with Crippen LogP contribution in [0.2, 0.25) is 0 Å². The minimum absolute atomic E-state index is 0.0522. The van der Waals surface area contributed by atoms with Crippen molar-refractivity contribution in [3.63, 3.8) is 0 Å². The first-order valence-electron chi connectivity index (χ1n) is 14.7. The second-order valence-electron chi connectivity index (χ2n) is 15.3. The maximum Gasteiger partial charge on any atom is 0.249 e. The number of fused-ring (bicyclic) bond motifs is 7. The molecular formula is C37H40BNS. The van der Waals surface area contributed by atoms with E-state index < -0.39 is 0 Å². The fourth-order valence-electron chi connectivity index (χ4n) is 6.78. The highest BCUT2D eigenvalue weighted by molar-refractivity contribution is 8.00. The average Bonchev–Trinajstić information content (AvgIpc) is 3.18. The number of benzene rings is 4. The van der Waals surface area contributed by atoms with Crippen LogP contribution in [0.25, 0.3) is 27.5 Å². The van der Waals surface area contributed by atoms with Gasteiger partial charge in [-0.1, -0.05) is 104 Å². The topological polar surface area (TPSA) is 4.93 Å². The molecule has 40 heavy (non-hydrogen) atoms. The number of nitrogens with zero attached hydrogens (tertiary/aromatic N) is 1. The van der Waals surface area contributed by atoms with E-state index in [0.29, 0.717) is 0 Å². The third-order valence-electron chi connectivity index (χ3n) is 9.13. The smallest absolute Gasteiger partial charge is 0.249 e. The molecule has 2 aliphatic rings. The lowest BCUT2D eigenvalue weighted by molar-refractivity contribution is 0.590. The van der Waals surface area contributed by atoms with Crippen molar-refractivity contribution in [2.45, 2.75) is 95.3 Å². The zero-order valence-corrected chi connectivity index (χ0v) is 26.5. The van der Waals surface area contributed by atoms with Gasteiger partial charge in [0, 0.05) is 31.8 Å². The van der Waals surface area contributed by atoms with E-state index in [9.17, 15) is 0 Å². The van der Waals surface area contributed by atoms with Crippen molar-refractivity contribution in [1.29, 1.82) is 0 Å². The van der Waals surface area contributed by atoms with Crippen LogP contribution in [0.5, 0.6) is 0 Å². The summed E-state index contributed by atoms with van der Waals surface area (Å²) in [5.74, 6) is 0. The Morgan fingerprint density at radius 3 is 1.88 bits per heavy atom. The first kappa shape index (κ1) is 26.0. The van der Waals surface area contributed by atoms with Crippen LogP contribution in [0.1, 0.15) is 84.6 Å². The van der Waals surface area contributed by atoms with Crippen LogP contribution in [0.4, 0.5) is 0 Å². The third kappa shape index (κ3) is 3.69. The normalized spacial score (nSPS) is 14.6. The first-order valence-corrected chi connectivity index (χ1v) is 15.5. The highest BCUT2D eigenvalue weighted by Gasteiger charge is 2.41. The average molecular weight is 542 g/mol. The lowest BCUT2D eigenvalue weighted by atomic mass is 9.35. The molecule has 0 bridgehead atoms. The van der Waals surface area contributed by atoms with E-state index >= 15 is 0 Å². The van der Waals surface area contributed by atoms with Gasteiger partial charge < -0.3 is 4.57 Å². The van der Waals surface area contributed by atoms with Crippen LogP contribution in [-0.4, -0.2) is 11.3 Å². The monoisotopic (exact) mass is 541 g/mol. The zero-order chi connectivity index (χ0) is 28.5. The molecule has 1 nitrogen and oxygen atoms in total. The zero-order valence-electron chi connectivity index (χ0n) is 25.7. The lowest BCUT2D eigenvalue weighted by Gasteiger charge is -2.35. The van der Waals surface area contributed by atoms with Gasteiger partial charge >= 0.3 is 0 Å². The summed E-state index contributed by atoms with van der Waals surface area (Å²) in [6.07, 6.45) is 0. The van der Waals surface area contributed by atoms with Gasteiger partial charge in [0.25, 0.3) is 0 Å². The summed E-state index contributed by atoms with van der Waals surface area (Å²) in [4.78, 5) is 2.81. The van der Waals surface area contributed by atoms with Gasteiger partial charge in [-0.05, 0) is 92.7 Å². The van der Waals surface area contributed by atoms with Gasteiger partial charge in [-0.25, -0.2) is 0 Å². The molecule has 0 N–H and O–H groups in total. The van der Waals surface area contributed by atoms with Crippen LogP contribution >= 0.6 is 11.8 Å². The number of hydrogen-bond donors (Lipinski definition) is 0. The summed E-state index contributed by atoms with van der Waals surface area (Å²) in [5, 5.41) is 2.77. The van der Waals surface area contributed by atoms with Crippen LogP contribution in [0.15, 0.2) is 70.5 Å². The summed E-state index contributed by atoms with van der Waals surface area (Å²) in [5.41, 5.74) is 14.3. The van der Waals surface area contributed by atoms with Gasteiger partial charge in [0.05, 0.1) is 5.52 Å². The summed E-state index contributed by atoms with van der Waals surface area (Å²) in [6.45, 7) is 23.5. The Kier molecular flexibility index (Phi) is 5.27. The van der Waals surface area contributed by atoms with E-state index in [2.05, 4.69) is 134 Å². The van der Waals surface area contributed by atoms with Crippen LogP contribution in [-0.2, 0) is 16.2 Å². The van der Waals surface area contributed by atoms with Gasteiger partial charge in [0.15, 0.2) is 0 Å². The molecule has 3 heterocycles. The molecule has 0 fully saturated rings. The van der Waals surface area contributed by atoms with Gasteiger partial charge in [-0.3, -0.25) is 0 Å². The van der Waals surface area contributed by atoms with Gasteiger partial charge in [0.2, 0.25) is 6.71 Å². The fourth-order valence-corrected chi connectivity index (χ4v) is 8.03. The molecule has 4 aromatic carbocycles. The second kappa shape index (κ2) is 8.10. The second-order valence-corrected chi connectivity index (χ2v) is 16.3. The van der Waals surface area contributed by atoms with Crippen molar-refractivity contribution in [2.24, 2.45) is 0 Å². The Hall–Kier alpha value is -2.91. The Labute approximate surface area is 244 Å². The van der Waals surface area contributed by atoms with Crippen molar-refractivity contribution in [1.82, 2.24) is 4.57 Å². The van der Waals surface area contributed by atoms with Crippen molar-refractivity contribution in [3.8, 4) is 5.69 Å². The molecule has 0 aliphatic carbocycles. The van der Waals surface area contributed by atoms with Crippen molar-refractivity contribution >= 4 is 56.7 Å². The molecule has 3 heteroatoms. The Morgan fingerprint density at radius 2 is 1.20 bits per heavy atom. The molecule has 7 rings (SSSR count). The Bertz CT molecular complexity index is 1890. The molecule has 1 aromatic heterocycles. The predicted molar refractivity (Wildman–Crippen MR) is 177 cm³/mol. The molecule has 0 unspecified atom stereocenters. The van der Waals surface area contributed by atoms with Crippen molar-refractivity contribution < 1.29 is 0 Å². The van der Waals surface area contributed by atoms with Crippen molar-refractivity contribution in [3.05, 3.63) is 82.9 Å². The highest BCUT2D eigenvalue weighted by atomic mass is 32.2. The molecule has 2 aliphatic heterocycles. The third-order valence-corrected chi connectivity index (χ3v) is 10.3. The van der Waals surface area contributed by atoms with E-state index in [4.69, 9.17) is 0 Å². The lowest BCUT2D eigenvalue weighted by Crippen LogP contribution is -2.59.